The first-order chi connectivity index (χ1) is 28.5. The lowest BCUT2D eigenvalue weighted by molar-refractivity contribution is 0.523. The Hall–Kier alpha value is -6.78. The van der Waals surface area contributed by atoms with Crippen molar-refractivity contribution in [1.82, 2.24) is 4.98 Å². The van der Waals surface area contributed by atoms with Gasteiger partial charge in [-0.3, -0.25) is 14.9 Å². The van der Waals surface area contributed by atoms with Crippen LogP contribution >= 0.6 is 0 Å². The van der Waals surface area contributed by atoms with Gasteiger partial charge in [0.15, 0.2) is 0 Å². The van der Waals surface area contributed by atoms with E-state index < -0.39 is 5.54 Å². The molecule has 8 aromatic rings. The zero-order chi connectivity index (χ0) is 40.3. The fourth-order valence-corrected chi connectivity index (χ4v) is 10.1. The van der Waals surface area contributed by atoms with Crippen LogP contribution in [-0.2, 0) is 16.4 Å². The van der Waals surface area contributed by atoms with Gasteiger partial charge in [0.2, 0.25) is 0 Å². The average molecular weight is 763 g/mol. The highest BCUT2D eigenvalue weighted by molar-refractivity contribution is 6.18. The van der Waals surface area contributed by atoms with Gasteiger partial charge in [-0.05, 0) is 130 Å². The lowest BCUT2D eigenvalue weighted by Gasteiger charge is -2.46. The van der Waals surface area contributed by atoms with E-state index in [4.69, 9.17) is 9.98 Å². The summed E-state index contributed by atoms with van der Waals surface area (Å²) in [5, 5.41) is 2.47. The maximum atomic E-state index is 5.52. The Kier molecular flexibility index (Phi) is 7.56. The number of para-hydroxylation sites is 2. The number of nitrogens with zero attached hydrogens (tertiary/aromatic N) is 4. The van der Waals surface area contributed by atoms with Crippen LogP contribution in [0.25, 0.3) is 33.0 Å². The molecule has 0 amide bonds. The van der Waals surface area contributed by atoms with Crippen LogP contribution in [0.2, 0.25) is 0 Å². The fraction of sp³-hybridized carbons (Fsp3) is 0.164. The zero-order valence-corrected chi connectivity index (χ0v) is 34.5. The van der Waals surface area contributed by atoms with E-state index in [2.05, 4.69) is 215 Å². The van der Waals surface area contributed by atoms with Gasteiger partial charge >= 0.3 is 0 Å². The van der Waals surface area contributed by atoms with Crippen molar-refractivity contribution in [2.45, 2.75) is 57.9 Å². The molecule has 286 valence electrons. The standard InChI is InChI=1S/C55H46N4/c1-53(2)45-18-12-13-19-49(45)59-50-46(53)30-31-56-51(50)55(5,6)57-52(59)39-24-29-44-43-28-23-38(33-47(43)54(3,4)48(44)34-39)36-20-25-41(26-21-36)58(40-16-8-7-9-17-40)42-27-22-35-14-10-11-15-37(35)32-42/h7-34H,1-6H3. The Bertz CT molecular complexity index is 3030. The number of benzene rings is 7. The van der Waals surface area contributed by atoms with Crippen LogP contribution in [0.3, 0.4) is 0 Å². The summed E-state index contributed by atoms with van der Waals surface area (Å²) in [5.74, 6) is 0.975. The van der Waals surface area contributed by atoms with E-state index in [1.54, 1.807) is 0 Å². The highest BCUT2D eigenvalue weighted by Crippen LogP contribution is 2.55. The van der Waals surface area contributed by atoms with E-state index in [1.165, 1.54) is 66.7 Å². The largest absolute Gasteiger partial charge is 0.310 e. The third-order valence-electron chi connectivity index (χ3n) is 13.2. The maximum Gasteiger partial charge on any atom is 0.141 e. The van der Waals surface area contributed by atoms with Crippen molar-refractivity contribution in [2.75, 3.05) is 9.80 Å². The van der Waals surface area contributed by atoms with Gasteiger partial charge in [-0.25, -0.2) is 0 Å². The SMILES string of the molecule is CC1(C)N=C(c2ccc3c(c2)C(C)(C)c2cc(-c4ccc(N(c5ccccc5)c5ccc6ccccc6c5)cc4)ccc2-3)N2c3ccccc3C(C)(C)c3ccnc1c32. The summed E-state index contributed by atoms with van der Waals surface area (Å²) in [5.41, 5.74) is 17.3. The Morgan fingerprint density at radius 3 is 1.81 bits per heavy atom. The molecule has 4 nitrogen and oxygen atoms in total. The fourth-order valence-electron chi connectivity index (χ4n) is 10.1. The molecule has 0 bridgehead atoms. The minimum Gasteiger partial charge on any atom is -0.310 e. The first-order valence-electron chi connectivity index (χ1n) is 20.7. The molecule has 0 spiro atoms. The Morgan fingerprint density at radius 2 is 1.05 bits per heavy atom. The van der Waals surface area contributed by atoms with Crippen molar-refractivity contribution in [3.05, 3.63) is 203 Å². The van der Waals surface area contributed by atoms with E-state index in [9.17, 15) is 0 Å². The van der Waals surface area contributed by atoms with Crippen LogP contribution in [0.4, 0.5) is 28.4 Å². The molecule has 3 heterocycles. The smallest absolute Gasteiger partial charge is 0.141 e. The van der Waals surface area contributed by atoms with Crippen molar-refractivity contribution in [3.8, 4) is 22.3 Å². The summed E-state index contributed by atoms with van der Waals surface area (Å²) < 4.78 is 0. The van der Waals surface area contributed by atoms with Gasteiger partial charge in [0.05, 0.1) is 17.1 Å². The van der Waals surface area contributed by atoms with Crippen molar-refractivity contribution in [2.24, 2.45) is 4.99 Å². The van der Waals surface area contributed by atoms with Gasteiger partial charge in [-0.2, -0.15) is 0 Å². The van der Waals surface area contributed by atoms with Gasteiger partial charge in [0, 0.05) is 39.7 Å². The van der Waals surface area contributed by atoms with Crippen molar-refractivity contribution in [3.63, 3.8) is 0 Å². The van der Waals surface area contributed by atoms with Crippen molar-refractivity contribution in [1.29, 1.82) is 0 Å². The summed E-state index contributed by atoms with van der Waals surface area (Å²) >= 11 is 0. The number of amidine groups is 1. The molecule has 4 heteroatoms. The molecule has 0 N–H and O–H groups in total. The van der Waals surface area contributed by atoms with Crippen LogP contribution in [0, 0.1) is 0 Å². The lowest BCUT2D eigenvalue weighted by Crippen LogP contribution is -2.43. The Labute approximate surface area is 347 Å². The minimum absolute atomic E-state index is 0.170. The number of aliphatic imine (C=N–C) groups is 1. The zero-order valence-electron chi connectivity index (χ0n) is 34.5. The number of rotatable bonds is 5. The quantitative estimate of drug-likeness (QED) is 0.175. The monoisotopic (exact) mass is 762 g/mol. The number of anilines is 5. The van der Waals surface area contributed by atoms with Crippen LogP contribution in [0.5, 0.6) is 0 Å². The van der Waals surface area contributed by atoms with Crippen LogP contribution in [0.15, 0.2) is 175 Å². The second-order valence-electron chi connectivity index (χ2n) is 17.9. The van der Waals surface area contributed by atoms with E-state index in [0.717, 1.165) is 34.2 Å². The Balaban J connectivity index is 0.958. The second-order valence-corrected chi connectivity index (χ2v) is 17.9. The first-order valence-corrected chi connectivity index (χ1v) is 20.7. The van der Waals surface area contributed by atoms with Crippen molar-refractivity contribution >= 4 is 45.0 Å². The number of fused-ring (bicyclic) bond motifs is 6. The van der Waals surface area contributed by atoms with E-state index >= 15 is 0 Å². The number of hydrogen-bond acceptors (Lipinski definition) is 4. The van der Waals surface area contributed by atoms with Gasteiger partial charge < -0.3 is 4.90 Å². The topological polar surface area (TPSA) is 31.7 Å². The summed E-state index contributed by atoms with van der Waals surface area (Å²) in [6.45, 7) is 13.8. The Morgan fingerprint density at radius 1 is 0.458 bits per heavy atom. The third-order valence-corrected chi connectivity index (χ3v) is 13.2. The lowest BCUT2D eigenvalue weighted by atomic mass is 9.72. The minimum atomic E-state index is -0.491. The first kappa shape index (κ1) is 35.4. The van der Waals surface area contributed by atoms with Gasteiger partial charge in [-0.15, -0.1) is 0 Å². The molecule has 59 heavy (non-hydrogen) atoms. The predicted molar refractivity (Wildman–Crippen MR) is 246 cm³/mol. The summed E-state index contributed by atoms with van der Waals surface area (Å²) in [6, 6.07) is 60.0. The van der Waals surface area contributed by atoms with E-state index in [0.29, 0.717) is 0 Å². The molecule has 3 aliphatic rings. The average Bonchev–Trinajstić information content (AvgIpc) is 3.48. The maximum absolute atomic E-state index is 5.52. The van der Waals surface area contributed by atoms with Crippen LogP contribution in [0.1, 0.15) is 75.1 Å². The molecule has 0 unspecified atom stereocenters. The molecule has 11 rings (SSSR count). The molecule has 0 fully saturated rings. The molecule has 0 saturated heterocycles. The number of aromatic nitrogens is 1. The molecular weight excluding hydrogens is 717 g/mol. The second kappa shape index (κ2) is 12.6. The van der Waals surface area contributed by atoms with Crippen LogP contribution in [-0.4, -0.2) is 10.8 Å². The summed E-state index contributed by atoms with van der Waals surface area (Å²) in [6.07, 6.45) is 1.97. The molecule has 1 aromatic heterocycles. The number of pyridine rings is 1. The number of hydrogen-bond donors (Lipinski definition) is 0. The summed E-state index contributed by atoms with van der Waals surface area (Å²) in [7, 11) is 0. The summed E-state index contributed by atoms with van der Waals surface area (Å²) in [4.78, 5) is 15.2. The van der Waals surface area contributed by atoms with Gasteiger partial charge in [0.1, 0.15) is 11.4 Å². The predicted octanol–water partition coefficient (Wildman–Crippen LogP) is 14.2. The van der Waals surface area contributed by atoms with Crippen LogP contribution < -0.4 is 9.80 Å². The van der Waals surface area contributed by atoms with E-state index in [1.807, 2.05) is 6.20 Å². The molecule has 0 atom stereocenters. The molecule has 0 radical (unpaired) electrons. The highest BCUT2D eigenvalue weighted by Gasteiger charge is 2.46. The molecule has 2 aliphatic heterocycles. The molecule has 0 saturated carbocycles. The van der Waals surface area contributed by atoms with Crippen molar-refractivity contribution < 1.29 is 0 Å². The van der Waals surface area contributed by atoms with E-state index in [-0.39, 0.29) is 10.8 Å². The highest BCUT2D eigenvalue weighted by atomic mass is 15.3. The molecule has 7 aromatic carbocycles. The normalized spacial score (nSPS) is 16.1. The van der Waals surface area contributed by atoms with Gasteiger partial charge in [-0.1, -0.05) is 131 Å². The van der Waals surface area contributed by atoms with Gasteiger partial charge in [0.25, 0.3) is 0 Å². The third kappa shape index (κ3) is 5.29. The molecule has 1 aliphatic carbocycles. The molecular formula is C55H46N4.